The molecule has 0 radical (unpaired) electrons. The molecule has 6 heteroatoms. The van der Waals surface area contributed by atoms with E-state index in [9.17, 15) is 9.59 Å². The van der Waals surface area contributed by atoms with Gasteiger partial charge in [-0.25, -0.2) is 14.6 Å². The lowest BCUT2D eigenvalue weighted by atomic mass is 10.1. The van der Waals surface area contributed by atoms with Crippen molar-refractivity contribution in [1.82, 2.24) is 4.98 Å². The fourth-order valence-electron chi connectivity index (χ4n) is 1.95. The van der Waals surface area contributed by atoms with Gasteiger partial charge in [0, 0.05) is 5.56 Å². The zero-order chi connectivity index (χ0) is 15.6. The van der Waals surface area contributed by atoms with Gasteiger partial charge in [-0.1, -0.05) is 17.7 Å². The molecule has 0 fully saturated rings. The van der Waals surface area contributed by atoms with Crippen molar-refractivity contribution in [1.29, 1.82) is 0 Å². The first-order chi connectivity index (χ1) is 9.97. The summed E-state index contributed by atoms with van der Waals surface area (Å²) >= 11 is 0. The highest BCUT2D eigenvalue weighted by atomic mass is 16.5. The second-order valence-electron chi connectivity index (χ2n) is 4.50. The number of carbonyl (C=O) groups excluding carboxylic acids is 2. The lowest BCUT2D eigenvalue weighted by molar-refractivity contribution is 0.0527. The average molecular weight is 289 g/mol. The van der Waals surface area contributed by atoms with E-state index < -0.39 is 11.9 Å². The third-order valence-corrected chi connectivity index (χ3v) is 2.99. The van der Waals surface area contributed by atoms with Crippen molar-refractivity contribution in [3.05, 3.63) is 40.8 Å². The first-order valence-corrected chi connectivity index (χ1v) is 6.23. The summed E-state index contributed by atoms with van der Waals surface area (Å²) in [6.45, 7) is 3.86. The van der Waals surface area contributed by atoms with Crippen LogP contribution in [-0.2, 0) is 9.47 Å². The Kier molecular flexibility index (Phi) is 4.07. The minimum absolute atomic E-state index is 0.174. The minimum atomic E-state index is -0.779. The number of aryl methyl sites for hydroxylation is 2. The molecule has 1 aromatic heterocycles. The molecule has 21 heavy (non-hydrogen) atoms. The molecule has 0 aliphatic carbocycles. The number of ether oxygens (including phenoxy) is 2. The SMILES string of the molecule is COC(=O)c1nc(-c2ccc(C)cc2C)oc1C(=O)OC. The van der Waals surface area contributed by atoms with Gasteiger partial charge in [-0.05, 0) is 25.5 Å². The predicted molar refractivity (Wildman–Crippen MR) is 74.1 cm³/mol. The van der Waals surface area contributed by atoms with E-state index in [4.69, 9.17) is 4.42 Å². The summed E-state index contributed by atoms with van der Waals surface area (Å²) in [5.74, 6) is -1.62. The van der Waals surface area contributed by atoms with Crippen molar-refractivity contribution in [2.75, 3.05) is 14.2 Å². The van der Waals surface area contributed by atoms with Gasteiger partial charge in [-0.2, -0.15) is 0 Å². The molecule has 0 N–H and O–H groups in total. The maximum Gasteiger partial charge on any atom is 0.376 e. The molecule has 2 aromatic rings. The third-order valence-electron chi connectivity index (χ3n) is 2.99. The Morgan fingerprint density at radius 3 is 2.33 bits per heavy atom. The number of nitrogens with zero attached hydrogens (tertiary/aromatic N) is 1. The maximum atomic E-state index is 11.7. The van der Waals surface area contributed by atoms with E-state index in [1.807, 2.05) is 32.0 Å². The van der Waals surface area contributed by atoms with Crippen molar-refractivity contribution >= 4 is 11.9 Å². The molecule has 0 aliphatic rings. The first-order valence-electron chi connectivity index (χ1n) is 6.23. The highest BCUT2D eigenvalue weighted by molar-refractivity contribution is 6.00. The Morgan fingerprint density at radius 2 is 1.76 bits per heavy atom. The van der Waals surface area contributed by atoms with Crippen LogP contribution in [0.4, 0.5) is 0 Å². The summed E-state index contributed by atoms with van der Waals surface area (Å²) in [6, 6.07) is 5.66. The fourth-order valence-corrected chi connectivity index (χ4v) is 1.95. The number of oxazole rings is 1. The molecule has 6 nitrogen and oxygen atoms in total. The second kappa shape index (κ2) is 5.78. The Hall–Kier alpha value is -2.63. The van der Waals surface area contributed by atoms with Crippen LogP contribution in [-0.4, -0.2) is 31.1 Å². The summed E-state index contributed by atoms with van der Waals surface area (Å²) in [6.07, 6.45) is 0. The molecule has 0 saturated carbocycles. The van der Waals surface area contributed by atoms with Gasteiger partial charge < -0.3 is 13.9 Å². The molecule has 0 unspecified atom stereocenters. The second-order valence-corrected chi connectivity index (χ2v) is 4.50. The van der Waals surface area contributed by atoms with Gasteiger partial charge in [0.15, 0.2) is 0 Å². The standard InChI is InChI=1S/C15H15NO5/c1-8-5-6-10(9(2)7-8)13-16-11(14(17)19-3)12(21-13)15(18)20-4/h5-7H,1-4H3. The molecule has 1 aromatic carbocycles. The number of hydrogen-bond donors (Lipinski definition) is 0. The molecular weight excluding hydrogens is 274 g/mol. The number of aromatic nitrogens is 1. The van der Waals surface area contributed by atoms with Crippen molar-refractivity contribution in [3.63, 3.8) is 0 Å². The van der Waals surface area contributed by atoms with Crippen LogP contribution in [0.2, 0.25) is 0 Å². The van der Waals surface area contributed by atoms with Gasteiger partial charge in [-0.3, -0.25) is 0 Å². The van der Waals surface area contributed by atoms with Crippen LogP contribution in [0.15, 0.2) is 22.6 Å². The monoisotopic (exact) mass is 289 g/mol. The van der Waals surface area contributed by atoms with Gasteiger partial charge in [0.25, 0.3) is 0 Å². The van der Waals surface area contributed by atoms with E-state index in [0.717, 1.165) is 11.1 Å². The summed E-state index contributed by atoms with van der Waals surface area (Å²) in [5.41, 5.74) is 2.51. The largest absolute Gasteiger partial charge is 0.464 e. The van der Waals surface area contributed by atoms with Gasteiger partial charge in [0.05, 0.1) is 14.2 Å². The molecule has 0 bridgehead atoms. The number of esters is 2. The van der Waals surface area contributed by atoms with Crippen LogP contribution in [0, 0.1) is 13.8 Å². The lowest BCUT2D eigenvalue weighted by Crippen LogP contribution is -2.10. The van der Waals surface area contributed by atoms with Crippen molar-refractivity contribution in [2.45, 2.75) is 13.8 Å². The highest BCUT2D eigenvalue weighted by Gasteiger charge is 2.27. The number of methoxy groups -OCH3 is 2. The number of benzene rings is 1. The van der Waals surface area contributed by atoms with E-state index >= 15 is 0 Å². The summed E-state index contributed by atoms with van der Waals surface area (Å²) in [7, 11) is 2.40. The third kappa shape index (κ3) is 2.79. The van der Waals surface area contributed by atoms with Gasteiger partial charge in [-0.15, -0.1) is 0 Å². The van der Waals surface area contributed by atoms with Crippen molar-refractivity contribution in [3.8, 4) is 11.5 Å². The van der Waals surface area contributed by atoms with Crippen LogP contribution < -0.4 is 0 Å². The number of hydrogen-bond acceptors (Lipinski definition) is 6. The lowest BCUT2D eigenvalue weighted by Gasteiger charge is -2.02. The predicted octanol–water partition coefficient (Wildman–Crippen LogP) is 2.53. The number of carbonyl (C=O) groups is 2. The molecule has 0 atom stereocenters. The molecule has 0 amide bonds. The summed E-state index contributed by atoms with van der Waals surface area (Å²) in [5, 5.41) is 0. The van der Waals surface area contributed by atoms with E-state index in [1.54, 1.807) is 0 Å². The molecule has 0 spiro atoms. The first kappa shape index (κ1) is 14.8. The van der Waals surface area contributed by atoms with Gasteiger partial charge in [0.2, 0.25) is 17.3 Å². The van der Waals surface area contributed by atoms with E-state index in [0.29, 0.717) is 5.56 Å². The van der Waals surface area contributed by atoms with E-state index in [-0.39, 0.29) is 17.3 Å². The minimum Gasteiger partial charge on any atom is -0.464 e. The summed E-state index contributed by atoms with van der Waals surface area (Å²) < 4.78 is 14.6. The normalized spacial score (nSPS) is 10.3. The van der Waals surface area contributed by atoms with Crippen LogP contribution in [0.1, 0.15) is 32.2 Å². The molecule has 2 rings (SSSR count). The van der Waals surface area contributed by atoms with Crippen molar-refractivity contribution < 1.29 is 23.5 Å². The van der Waals surface area contributed by atoms with Crippen molar-refractivity contribution in [2.24, 2.45) is 0 Å². The maximum absolute atomic E-state index is 11.7. The molecule has 0 saturated heterocycles. The molecule has 110 valence electrons. The Labute approximate surface area is 121 Å². The topological polar surface area (TPSA) is 78.6 Å². The molecule has 1 heterocycles. The van der Waals surface area contributed by atoms with E-state index in [1.165, 1.54) is 14.2 Å². The quantitative estimate of drug-likeness (QED) is 0.808. The van der Waals surface area contributed by atoms with Crippen LogP contribution >= 0.6 is 0 Å². The van der Waals surface area contributed by atoms with Gasteiger partial charge >= 0.3 is 11.9 Å². The summed E-state index contributed by atoms with van der Waals surface area (Å²) in [4.78, 5) is 27.4. The highest BCUT2D eigenvalue weighted by Crippen LogP contribution is 2.26. The van der Waals surface area contributed by atoms with Crippen LogP contribution in [0.25, 0.3) is 11.5 Å². The van der Waals surface area contributed by atoms with E-state index in [2.05, 4.69) is 14.5 Å². The molecule has 0 aliphatic heterocycles. The Bertz CT molecular complexity index is 669. The fraction of sp³-hybridized carbons (Fsp3) is 0.267. The van der Waals surface area contributed by atoms with Gasteiger partial charge in [0.1, 0.15) is 0 Å². The zero-order valence-corrected chi connectivity index (χ0v) is 12.2. The Morgan fingerprint density at radius 1 is 1.10 bits per heavy atom. The zero-order valence-electron chi connectivity index (χ0n) is 12.2. The van der Waals surface area contributed by atoms with Crippen LogP contribution in [0.5, 0.6) is 0 Å². The molecular formula is C15H15NO5. The smallest absolute Gasteiger partial charge is 0.376 e. The Balaban J connectivity index is 2.58. The number of rotatable bonds is 3. The van der Waals surface area contributed by atoms with Crippen LogP contribution in [0.3, 0.4) is 0 Å². The average Bonchev–Trinajstić information content (AvgIpc) is 2.90.